The van der Waals surface area contributed by atoms with Gasteiger partial charge in [0, 0.05) is 62.3 Å². The Morgan fingerprint density at radius 2 is 1.73 bits per heavy atom. The molecule has 3 aliphatic heterocycles. The van der Waals surface area contributed by atoms with Gasteiger partial charge in [-0.05, 0) is 91.7 Å². The predicted octanol–water partition coefficient (Wildman–Crippen LogP) is 4.43. The number of nitrogens with zero attached hydrogens (tertiary/aromatic N) is 8. The lowest BCUT2D eigenvalue weighted by molar-refractivity contribution is -0.136. The number of amides is 3. The van der Waals surface area contributed by atoms with Crippen molar-refractivity contribution in [2.75, 3.05) is 42.9 Å². The number of fused-ring (bicyclic) bond motifs is 3. The summed E-state index contributed by atoms with van der Waals surface area (Å²) in [5.41, 5.74) is 6.52. The van der Waals surface area contributed by atoms with Gasteiger partial charge in [-0.3, -0.25) is 29.4 Å². The number of allylic oxidation sites excluding steroid dienone is 1. The third-order valence-electron chi connectivity index (χ3n) is 11.6. The number of rotatable bonds is 11. The predicted molar refractivity (Wildman–Crippen MR) is 225 cm³/mol. The quantitative estimate of drug-likeness (QED) is 0.128. The number of imide groups is 1. The van der Waals surface area contributed by atoms with Crippen LogP contribution in [0.5, 0.6) is 0 Å². The van der Waals surface area contributed by atoms with Crippen LogP contribution in [0.1, 0.15) is 78.4 Å². The van der Waals surface area contributed by atoms with Crippen molar-refractivity contribution in [3.05, 3.63) is 112 Å². The first-order chi connectivity index (χ1) is 28.7. The summed E-state index contributed by atoms with van der Waals surface area (Å²) in [7, 11) is 0. The van der Waals surface area contributed by atoms with Crippen LogP contribution in [-0.2, 0) is 35.5 Å². The number of piperidine rings is 1. The number of hydrogen-bond donors (Lipinski definition) is 3. The van der Waals surface area contributed by atoms with Gasteiger partial charge in [0.2, 0.25) is 17.8 Å². The smallest absolute Gasteiger partial charge is 0.278 e. The van der Waals surface area contributed by atoms with Gasteiger partial charge in [0.05, 0.1) is 18.3 Å². The van der Waals surface area contributed by atoms with Gasteiger partial charge in [0.25, 0.3) is 11.5 Å². The Kier molecular flexibility index (Phi) is 11.4. The number of carbonyl (C=O) groups excluding carboxylic acids is 3. The monoisotopic (exact) mass is 798 g/mol. The molecule has 0 radical (unpaired) electrons. The number of aromatic nitrogens is 5. The number of carbonyl (C=O) groups is 3. The van der Waals surface area contributed by atoms with Gasteiger partial charge in [-0.1, -0.05) is 38.1 Å². The minimum absolute atomic E-state index is 0.149. The van der Waals surface area contributed by atoms with Crippen molar-refractivity contribution < 1.29 is 19.5 Å². The fraction of sp³-hybridized carbons (Fsp3) is 0.386. The number of pyridine rings is 1. The molecule has 4 aliphatic rings. The number of aliphatic hydroxyl groups is 1. The second-order valence-electron chi connectivity index (χ2n) is 15.2. The summed E-state index contributed by atoms with van der Waals surface area (Å²) in [6.07, 6.45) is 6.52. The highest BCUT2D eigenvalue weighted by atomic mass is 16.3. The zero-order chi connectivity index (χ0) is 41.2. The molecule has 1 aliphatic carbocycles. The highest BCUT2D eigenvalue weighted by Crippen LogP contribution is 2.32. The molecule has 15 nitrogen and oxygen atoms in total. The molecule has 2 unspecified atom stereocenters. The lowest BCUT2D eigenvalue weighted by Gasteiger charge is -2.36. The van der Waals surface area contributed by atoms with Crippen LogP contribution in [0.15, 0.2) is 78.2 Å². The molecule has 15 heteroatoms. The molecule has 3 N–H and O–H groups in total. The summed E-state index contributed by atoms with van der Waals surface area (Å²) < 4.78 is 3.21. The van der Waals surface area contributed by atoms with Crippen molar-refractivity contribution in [1.82, 2.24) is 39.4 Å². The first kappa shape index (κ1) is 39.6. The SMILES string of the molecule is C=CCn1c(=O)c2cnc(Nc3ccc(CCCN4CCN(c5ccc6c(c5)CN(C5CCC(=O)NC5=O)C6=O)CC4)cc3)nc2n1-c1ccc2c(n1)C(O)CC2.CC. The lowest BCUT2D eigenvalue weighted by atomic mass is 10.0. The van der Waals surface area contributed by atoms with E-state index in [-0.39, 0.29) is 30.3 Å². The number of aliphatic hydroxyl groups excluding tert-OH is 1. The van der Waals surface area contributed by atoms with Crippen molar-refractivity contribution in [3.8, 4) is 5.82 Å². The number of anilines is 3. The third kappa shape index (κ3) is 7.87. The summed E-state index contributed by atoms with van der Waals surface area (Å²) in [6.45, 7) is 13.1. The molecule has 6 heterocycles. The number of aryl methyl sites for hydroxylation is 2. The van der Waals surface area contributed by atoms with Crippen LogP contribution >= 0.6 is 0 Å². The molecule has 0 bridgehead atoms. The van der Waals surface area contributed by atoms with E-state index >= 15 is 0 Å². The maximum absolute atomic E-state index is 13.4. The molecule has 59 heavy (non-hydrogen) atoms. The highest BCUT2D eigenvalue weighted by molar-refractivity contribution is 6.05. The number of nitrogens with one attached hydrogen (secondary N) is 2. The Morgan fingerprint density at radius 1 is 0.932 bits per heavy atom. The standard InChI is InChI=1S/C42H44N10O5.C2H6/c1-2-17-51-41(57)32-24-43-42(47-38(32)52(51)35-15-8-27-7-14-34(53)37(27)45-35)44-29-9-5-26(6-10-29)4-3-18-48-19-21-49(22-20-48)30-11-12-31-28(23-30)25-50(40(31)56)33-13-16-36(54)46-39(33)55;1-2/h2,5-6,8-12,15,23-24,33-34,53H,1,3-4,7,13-14,16-22,25H2,(H,43,44,47)(H,46,54,55);1-2H3. The van der Waals surface area contributed by atoms with Crippen molar-refractivity contribution in [2.45, 2.75) is 77.6 Å². The van der Waals surface area contributed by atoms with Crippen LogP contribution in [0, 0.1) is 0 Å². The van der Waals surface area contributed by atoms with Crippen molar-refractivity contribution >= 4 is 46.1 Å². The first-order valence-corrected chi connectivity index (χ1v) is 20.6. The van der Waals surface area contributed by atoms with E-state index < -0.39 is 18.1 Å². The van der Waals surface area contributed by atoms with E-state index in [9.17, 15) is 24.3 Å². The van der Waals surface area contributed by atoms with Crippen molar-refractivity contribution in [3.63, 3.8) is 0 Å². The van der Waals surface area contributed by atoms with E-state index in [1.54, 1.807) is 15.7 Å². The largest absolute Gasteiger partial charge is 0.387 e. The van der Waals surface area contributed by atoms with E-state index in [2.05, 4.69) is 50.2 Å². The molecule has 2 saturated heterocycles. The minimum atomic E-state index is -0.630. The lowest BCUT2D eigenvalue weighted by Crippen LogP contribution is -2.52. The van der Waals surface area contributed by atoms with Crippen LogP contribution in [0.3, 0.4) is 0 Å². The average molecular weight is 799 g/mol. The van der Waals surface area contributed by atoms with E-state index in [1.165, 1.54) is 16.4 Å². The Morgan fingerprint density at radius 3 is 2.49 bits per heavy atom. The van der Waals surface area contributed by atoms with Crippen LogP contribution in [0.25, 0.3) is 16.9 Å². The molecule has 2 fully saturated rings. The van der Waals surface area contributed by atoms with Crippen molar-refractivity contribution in [1.29, 1.82) is 0 Å². The van der Waals surface area contributed by atoms with Gasteiger partial charge in [-0.2, -0.15) is 4.98 Å². The fourth-order valence-electron chi connectivity index (χ4n) is 8.53. The Bertz CT molecular complexity index is 2470. The maximum Gasteiger partial charge on any atom is 0.278 e. The van der Waals surface area contributed by atoms with Crippen LogP contribution in [0.2, 0.25) is 0 Å². The second kappa shape index (κ2) is 17.0. The summed E-state index contributed by atoms with van der Waals surface area (Å²) in [6, 6.07) is 17.4. The molecule has 5 aromatic rings. The number of benzene rings is 2. The zero-order valence-corrected chi connectivity index (χ0v) is 33.6. The molecule has 0 saturated carbocycles. The van der Waals surface area contributed by atoms with Crippen LogP contribution in [-0.4, -0.2) is 95.7 Å². The summed E-state index contributed by atoms with van der Waals surface area (Å²) >= 11 is 0. The second-order valence-corrected chi connectivity index (χ2v) is 15.2. The van der Waals surface area contributed by atoms with E-state index in [4.69, 9.17) is 9.97 Å². The Balaban J connectivity index is 0.00000238. The molecule has 2 atom stereocenters. The molecule has 9 rings (SSSR count). The highest BCUT2D eigenvalue weighted by Gasteiger charge is 2.39. The maximum atomic E-state index is 13.4. The molecular weight excluding hydrogens is 749 g/mol. The summed E-state index contributed by atoms with van der Waals surface area (Å²) in [5.74, 6) is 0.0214. The average Bonchev–Trinajstić information content (AvgIpc) is 3.88. The Labute approximate surface area is 342 Å². The van der Waals surface area contributed by atoms with Gasteiger partial charge in [-0.25, -0.2) is 19.3 Å². The van der Waals surface area contributed by atoms with Crippen molar-refractivity contribution in [2.24, 2.45) is 0 Å². The molecule has 306 valence electrons. The normalized spacial score (nSPS) is 19.0. The van der Waals surface area contributed by atoms with Gasteiger partial charge in [0.15, 0.2) is 11.5 Å². The minimum Gasteiger partial charge on any atom is -0.387 e. The fourth-order valence-corrected chi connectivity index (χ4v) is 8.53. The Hall–Kier alpha value is -6.19. The summed E-state index contributed by atoms with van der Waals surface area (Å²) in [5, 5.41) is 16.5. The van der Waals surface area contributed by atoms with E-state index in [1.807, 2.05) is 50.2 Å². The number of hydrogen-bond acceptors (Lipinski definition) is 11. The van der Waals surface area contributed by atoms with Crippen LogP contribution < -0.4 is 21.1 Å². The molecule has 2 aromatic carbocycles. The van der Waals surface area contributed by atoms with Gasteiger partial charge in [-0.15, -0.1) is 6.58 Å². The van der Waals surface area contributed by atoms with E-state index in [0.29, 0.717) is 53.4 Å². The van der Waals surface area contributed by atoms with Crippen LogP contribution in [0.4, 0.5) is 17.3 Å². The van der Waals surface area contributed by atoms with Gasteiger partial charge in [0.1, 0.15) is 11.4 Å². The molecule has 0 spiro atoms. The zero-order valence-electron chi connectivity index (χ0n) is 33.6. The third-order valence-corrected chi connectivity index (χ3v) is 11.6. The molecular formula is C44H50N10O5. The van der Waals surface area contributed by atoms with Gasteiger partial charge >= 0.3 is 0 Å². The van der Waals surface area contributed by atoms with E-state index in [0.717, 1.165) is 74.5 Å². The van der Waals surface area contributed by atoms with Gasteiger partial charge < -0.3 is 20.2 Å². The molecule has 3 aromatic heterocycles. The summed E-state index contributed by atoms with van der Waals surface area (Å²) in [4.78, 5) is 70.9. The first-order valence-electron chi connectivity index (χ1n) is 20.6. The topological polar surface area (TPSA) is 171 Å². The molecule has 3 amide bonds. The number of piperazine rings is 1.